The van der Waals surface area contributed by atoms with E-state index in [0.717, 1.165) is 30.8 Å². The quantitative estimate of drug-likeness (QED) is 0.870. The minimum absolute atomic E-state index is 0.0908. The normalized spacial score (nSPS) is 15.6. The Morgan fingerprint density at radius 3 is 3.11 bits per heavy atom. The molecule has 0 amide bonds. The van der Waals surface area contributed by atoms with E-state index in [1.165, 1.54) is 5.56 Å². The molecule has 1 aromatic rings. The number of aryl methyl sites for hydroxylation is 1. The summed E-state index contributed by atoms with van der Waals surface area (Å²) in [4.78, 5) is 10.9. The van der Waals surface area contributed by atoms with Gasteiger partial charge in [-0.15, -0.1) is 0 Å². The number of carbonyl (C=O) groups is 1. The number of rotatable bonds is 5. The Labute approximate surface area is 107 Å². The van der Waals surface area contributed by atoms with Crippen LogP contribution < -0.4 is 4.74 Å². The molecule has 1 aliphatic rings. The van der Waals surface area contributed by atoms with E-state index >= 15 is 0 Å². The van der Waals surface area contributed by atoms with Crippen molar-refractivity contribution in [3.8, 4) is 5.75 Å². The number of ether oxygens (including phenoxy) is 2. The molecule has 0 spiro atoms. The fourth-order valence-corrected chi connectivity index (χ4v) is 2.32. The Hall–Kier alpha value is -1.55. The number of hydrogen-bond acceptors (Lipinski definition) is 3. The fourth-order valence-electron chi connectivity index (χ4n) is 2.32. The van der Waals surface area contributed by atoms with Crippen molar-refractivity contribution < 1.29 is 19.4 Å². The van der Waals surface area contributed by atoms with Gasteiger partial charge in [-0.2, -0.15) is 0 Å². The van der Waals surface area contributed by atoms with Gasteiger partial charge in [-0.25, -0.2) is 0 Å². The van der Waals surface area contributed by atoms with Gasteiger partial charge in [0.2, 0.25) is 0 Å². The van der Waals surface area contributed by atoms with Crippen LogP contribution in [0.5, 0.6) is 5.75 Å². The van der Waals surface area contributed by atoms with E-state index in [-0.39, 0.29) is 12.3 Å². The van der Waals surface area contributed by atoms with Gasteiger partial charge in [0.25, 0.3) is 0 Å². The number of methoxy groups -OCH3 is 1. The van der Waals surface area contributed by atoms with E-state index in [4.69, 9.17) is 14.6 Å². The van der Waals surface area contributed by atoms with Crippen molar-refractivity contribution in [1.29, 1.82) is 0 Å². The van der Waals surface area contributed by atoms with Crippen molar-refractivity contribution in [2.75, 3.05) is 20.3 Å². The topological polar surface area (TPSA) is 55.8 Å². The molecule has 0 fully saturated rings. The minimum atomic E-state index is -0.800. The zero-order valence-electron chi connectivity index (χ0n) is 10.5. The predicted molar refractivity (Wildman–Crippen MR) is 67.1 cm³/mol. The molecule has 18 heavy (non-hydrogen) atoms. The predicted octanol–water partition coefficient (Wildman–Crippen LogP) is 2.22. The van der Waals surface area contributed by atoms with Crippen LogP contribution >= 0.6 is 0 Å². The van der Waals surface area contributed by atoms with Crippen molar-refractivity contribution in [2.45, 2.75) is 25.2 Å². The average molecular weight is 250 g/mol. The number of benzene rings is 1. The summed E-state index contributed by atoms with van der Waals surface area (Å²) >= 11 is 0. The number of hydrogen-bond donors (Lipinski definition) is 1. The van der Waals surface area contributed by atoms with Crippen LogP contribution in [0.1, 0.15) is 29.9 Å². The molecule has 4 heteroatoms. The second-order valence-electron chi connectivity index (χ2n) is 4.57. The summed E-state index contributed by atoms with van der Waals surface area (Å²) < 4.78 is 10.7. The molecule has 1 aromatic carbocycles. The first-order chi connectivity index (χ1) is 8.70. The zero-order valence-corrected chi connectivity index (χ0v) is 10.5. The Balaban J connectivity index is 2.21. The van der Waals surface area contributed by atoms with E-state index in [9.17, 15) is 4.79 Å². The highest BCUT2D eigenvalue weighted by molar-refractivity contribution is 5.68. The van der Waals surface area contributed by atoms with Crippen molar-refractivity contribution >= 4 is 5.97 Å². The van der Waals surface area contributed by atoms with Crippen molar-refractivity contribution in [3.63, 3.8) is 0 Å². The van der Waals surface area contributed by atoms with E-state index in [2.05, 4.69) is 6.07 Å². The minimum Gasteiger partial charge on any atom is -0.493 e. The molecule has 1 unspecified atom stereocenters. The van der Waals surface area contributed by atoms with Crippen molar-refractivity contribution in [2.24, 2.45) is 0 Å². The summed E-state index contributed by atoms with van der Waals surface area (Å²) in [6, 6.07) is 5.94. The summed E-state index contributed by atoms with van der Waals surface area (Å²) in [5.41, 5.74) is 2.19. The Morgan fingerprint density at radius 2 is 2.39 bits per heavy atom. The fraction of sp³-hybridized carbons (Fsp3) is 0.500. The smallest absolute Gasteiger partial charge is 0.304 e. The molecule has 0 saturated heterocycles. The first kappa shape index (κ1) is 12.9. The summed E-state index contributed by atoms with van der Waals surface area (Å²) in [6.07, 6.45) is 2.10. The van der Waals surface area contributed by atoms with E-state index in [0.29, 0.717) is 6.61 Å². The molecule has 0 radical (unpaired) electrons. The molecule has 98 valence electrons. The maximum absolute atomic E-state index is 10.9. The molecule has 1 atom stereocenters. The highest BCUT2D eigenvalue weighted by Gasteiger charge is 2.18. The van der Waals surface area contributed by atoms with Crippen LogP contribution in [-0.2, 0) is 16.0 Å². The van der Waals surface area contributed by atoms with Crippen LogP contribution in [0.25, 0.3) is 0 Å². The molecular weight excluding hydrogens is 232 g/mol. The first-order valence-corrected chi connectivity index (χ1v) is 6.17. The van der Waals surface area contributed by atoms with E-state index in [1.807, 2.05) is 12.1 Å². The molecule has 1 heterocycles. The lowest BCUT2D eigenvalue weighted by molar-refractivity contribution is -0.137. The van der Waals surface area contributed by atoms with Crippen LogP contribution in [0.4, 0.5) is 0 Å². The maximum Gasteiger partial charge on any atom is 0.304 e. The molecule has 1 N–H and O–H groups in total. The van der Waals surface area contributed by atoms with Crippen LogP contribution in [-0.4, -0.2) is 31.4 Å². The lowest BCUT2D eigenvalue weighted by Gasteiger charge is -2.20. The van der Waals surface area contributed by atoms with Gasteiger partial charge in [-0.3, -0.25) is 4.79 Å². The summed E-state index contributed by atoms with van der Waals surface area (Å²) in [5, 5.41) is 8.93. The monoisotopic (exact) mass is 250 g/mol. The Kier molecular flexibility index (Phi) is 4.20. The van der Waals surface area contributed by atoms with Gasteiger partial charge >= 0.3 is 5.97 Å². The average Bonchev–Trinajstić information content (AvgIpc) is 2.37. The van der Waals surface area contributed by atoms with E-state index < -0.39 is 5.97 Å². The molecule has 4 nitrogen and oxygen atoms in total. The third kappa shape index (κ3) is 3.01. The van der Waals surface area contributed by atoms with Gasteiger partial charge in [0.15, 0.2) is 0 Å². The number of carboxylic acids is 1. The highest BCUT2D eigenvalue weighted by atomic mass is 16.5. The van der Waals surface area contributed by atoms with Crippen LogP contribution in [0.3, 0.4) is 0 Å². The summed E-state index contributed by atoms with van der Waals surface area (Å²) in [7, 11) is 1.59. The van der Waals surface area contributed by atoms with Gasteiger partial charge in [0.1, 0.15) is 5.75 Å². The highest BCUT2D eigenvalue weighted by Crippen LogP contribution is 2.29. The lowest BCUT2D eigenvalue weighted by atomic mass is 9.93. The molecule has 1 aliphatic heterocycles. The third-order valence-electron chi connectivity index (χ3n) is 3.19. The van der Waals surface area contributed by atoms with Crippen molar-refractivity contribution in [1.82, 2.24) is 0 Å². The largest absolute Gasteiger partial charge is 0.493 e. The van der Waals surface area contributed by atoms with Crippen LogP contribution in [0.15, 0.2) is 18.2 Å². The Bertz CT molecular complexity index is 428. The standard InChI is InChI=1S/C14H18O4/c1-17-9-12(8-14(15)16)10-4-5-13-11(7-10)3-2-6-18-13/h4-5,7,12H,2-3,6,8-9H2,1H3,(H,15,16). The molecular formula is C14H18O4. The van der Waals surface area contributed by atoms with Gasteiger partial charge in [0.05, 0.1) is 19.6 Å². The Morgan fingerprint density at radius 1 is 1.56 bits per heavy atom. The molecule has 0 aliphatic carbocycles. The SMILES string of the molecule is COCC(CC(=O)O)c1ccc2c(c1)CCCO2. The zero-order chi connectivity index (χ0) is 13.0. The molecule has 0 saturated carbocycles. The van der Waals surface area contributed by atoms with Gasteiger partial charge < -0.3 is 14.6 Å². The van der Waals surface area contributed by atoms with Gasteiger partial charge in [0, 0.05) is 13.0 Å². The summed E-state index contributed by atoms with van der Waals surface area (Å²) in [6.45, 7) is 1.19. The number of fused-ring (bicyclic) bond motifs is 1. The van der Waals surface area contributed by atoms with Crippen molar-refractivity contribution in [3.05, 3.63) is 29.3 Å². The molecule has 0 bridgehead atoms. The van der Waals surface area contributed by atoms with Gasteiger partial charge in [-0.05, 0) is 30.0 Å². The number of aliphatic carboxylic acids is 1. The second kappa shape index (κ2) is 5.87. The van der Waals surface area contributed by atoms with E-state index in [1.54, 1.807) is 7.11 Å². The third-order valence-corrected chi connectivity index (χ3v) is 3.19. The summed E-state index contributed by atoms with van der Waals surface area (Å²) in [5.74, 6) is 0.0299. The second-order valence-corrected chi connectivity index (χ2v) is 4.57. The van der Waals surface area contributed by atoms with Crippen LogP contribution in [0.2, 0.25) is 0 Å². The molecule has 2 rings (SSSR count). The first-order valence-electron chi connectivity index (χ1n) is 6.17. The maximum atomic E-state index is 10.9. The van der Waals surface area contributed by atoms with Gasteiger partial charge in [-0.1, -0.05) is 12.1 Å². The van der Waals surface area contributed by atoms with Crippen LogP contribution in [0, 0.1) is 0 Å². The molecule has 0 aromatic heterocycles. The number of carboxylic acid groups (broad SMARTS) is 1. The lowest BCUT2D eigenvalue weighted by Crippen LogP contribution is -2.14.